The molecule has 2 rings (SSSR count). The quantitative estimate of drug-likeness (QED) is 0.780. The fourth-order valence-electron chi connectivity index (χ4n) is 1.49. The number of nitrogens with two attached hydrogens (primary N) is 1. The maximum absolute atomic E-state index is 13.1. The summed E-state index contributed by atoms with van der Waals surface area (Å²) in [6.45, 7) is 2.16. The van der Waals surface area contributed by atoms with E-state index in [0.29, 0.717) is 17.8 Å². The van der Waals surface area contributed by atoms with Crippen LogP contribution < -0.4 is 5.73 Å². The van der Waals surface area contributed by atoms with E-state index < -0.39 is 0 Å². The predicted molar refractivity (Wildman–Crippen MR) is 54.4 cm³/mol. The van der Waals surface area contributed by atoms with Crippen LogP contribution in [0.15, 0.2) is 18.2 Å². The Kier molecular flexibility index (Phi) is 2.47. The van der Waals surface area contributed by atoms with Crippen LogP contribution in [0.5, 0.6) is 0 Å². The molecule has 0 saturated carbocycles. The van der Waals surface area contributed by atoms with Gasteiger partial charge in [-0.3, -0.25) is 0 Å². The highest BCUT2D eigenvalue weighted by molar-refractivity contribution is 5.65. The largest absolute Gasteiger partial charge is 0.326 e. The van der Waals surface area contributed by atoms with Crippen molar-refractivity contribution < 1.29 is 4.39 Å². The summed E-state index contributed by atoms with van der Waals surface area (Å²) in [5, 5.41) is 10.4. The number of aromatic amines is 1. The molecule has 0 atom stereocenters. The van der Waals surface area contributed by atoms with E-state index in [4.69, 9.17) is 5.73 Å². The molecule has 1 aromatic carbocycles. The van der Waals surface area contributed by atoms with Crippen LogP contribution in [0.1, 0.15) is 11.3 Å². The third-order valence-electron chi connectivity index (χ3n) is 2.27. The molecule has 4 nitrogen and oxygen atoms in total. The lowest BCUT2D eigenvalue weighted by atomic mass is 10.0. The zero-order valence-corrected chi connectivity index (χ0v) is 8.29. The lowest BCUT2D eigenvalue weighted by molar-refractivity contribution is 0.627. The highest BCUT2D eigenvalue weighted by atomic mass is 19.1. The summed E-state index contributed by atoms with van der Waals surface area (Å²) < 4.78 is 13.1. The SMILES string of the molecule is Cc1n[nH]nc1-c1cc(F)ccc1CN. The summed E-state index contributed by atoms with van der Waals surface area (Å²) in [7, 11) is 0. The first-order valence-corrected chi connectivity index (χ1v) is 4.58. The maximum atomic E-state index is 13.1. The second kappa shape index (κ2) is 3.78. The molecule has 5 heteroatoms. The molecule has 0 aliphatic carbocycles. The van der Waals surface area contributed by atoms with Crippen molar-refractivity contribution in [2.45, 2.75) is 13.5 Å². The van der Waals surface area contributed by atoms with Crippen molar-refractivity contribution >= 4 is 0 Å². The van der Waals surface area contributed by atoms with Gasteiger partial charge in [0.05, 0.1) is 5.69 Å². The Morgan fingerprint density at radius 1 is 1.40 bits per heavy atom. The van der Waals surface area contributed by atoms with Crippen LogP contribution in [-0.2, 0) is 6.54 Å². The first-order chi connectivity index (χ1) is 7.22. The minimum absolute atomic E-state index is 0.301. The number of halogens is 1. The smallest absolute Gasteiger partial charge is 0.123 e. The molecule has 0 fully saturated rings. The lowest BCUT2D eigenvalue weighted by Crippen LogP contribution is -2.00. The van der Waals surface area contributed by atoms with Crippen LogP contribution >= 0.6 is 0 Å². The Bertz CT molecular complexity index is 478. The predicted octanol–water partition coefficient (Wildman–Crippen LogP) is 1.38. The van der Waals surface area contributed by atoms with E-state index in [0.717, 1.165) is 11.3 Å². The van der Waals surface area contributed by atoms with Gasteiger partial charge in [0.2, 0.25) is 0 Å². The Balaban J connectivity index is 2.60. The summed E-state index contributed by atoms with van der Waals surface area (Å²) in [5.74, 6) is -0.301. The molecular weight excluding hydrogens is 195 g/mol. The van der Waals surface area contributed by atoms with E-state index >= 15 is 0 Å². The van der Waals surface area contributed by atoms with Crippen molar-refractivity contribution in [3.8, 4) is 11.3 Å². The Hall–Kier alpha value is -1.75. The van der Waals surface area contributed by atoms with Gasteiger partial charge in [-0.1, -0.05) is 6.07 Å². The van der Waals surface area contributed by atoms with Gasteiger partial charge in [-0.15, -0.1) is 0 Å². The van der Waals surface area contributed by atoms with Gasteiger partial charge in [-0.05, 0) is 24.6 Å². The molecule has 0 aliphatic heterocycles. The van der Waals surface area contributed by atoms with Crippen molar-refractivity contribution in [1.82, 2.24) is 15.4 Å². The summed E-state index contributed by atoms with van der Waals surface area (Å²) in [6.07, 6.45) is 0. The van der Waals surface area contributed by atoms with Crippen LogP contribution in [0, 0.1) is 12.7 Å². The summed E-state index contributed by atoms with van der Waals surface area (Å²) in [6, 6.07) is 4.48. The molecule has 78 valence electrons. The van der Waals surface area contributed by atoms with Crippen molar-refractivity contribution in [1.29, 1.82) is 0 Å². The number of nitrogens with one attached hydrogen (secondary N) is 1. The zero-order chi connectivity index (χ0) is 10.8. The average molecular weight is 206 g/mol. The molecule has 15 heavy (non-hydrogen) atoms. The topological polar surface area (TPSA) is 67.6 Å². The van der Waals surface area contributed by atoms with Gasteiger partial charge in [0.1, 0.15) is 11.5 Å². The molecule has 0 bridgehead atoms. The standard InChI is InChI=1S/C10H11FN4/c1-6-10(14-15-13-6)9-4-8(11)3-2-7(9)5-12/h2-4H,5,12H2,1H3,(H,13,14,15). The third-order valence-corrected chi connectivity index (χ3v) is 2.27. The monoisotopic (exact) mass is 206 g/mol. The van der Waals surface area contributed by atoms with E-state index in [1.807, 2.05) is 6.92 Å². The van der Waals surface area contributed by atoms with E-state index in [9.17, 15) is 4.39 Å². The molecule has 3 N–H and O–H groups in total. The lowest BCUT2D eigenvalue weighted by Gasteiger charge is -2.05. The molecule has 2 aromatic rings. The first-order valence-electron chi connectivity index (χ1n) is 4.58. The van der Waals surface area contributed by atoms with Gasteiger partial charge < -0.3 is 5.73 Å². The minimum Gasteiger partial charge on any atom is -0.326 e. The first kappa shape index (κ1) is 9.79. The van der Waals surface area contributed by atoms with Crippen molar-refractivity contribution in [3.05, 3.63) is 35.3 Å². The zero-order valence-electron chi connectivity index (χ0n) is 8.29. The second-order valence-corrected chi connectivity index (χ2v) is 3.26. The number of benzene rings is 1. The number of aromatic nitrogens is 3. The number of hydrogen-bond donors (Lipinski definition) is 2. The number of rotatable bonds is 2. The summed E-state index contributed by atoms with van der Waals surface area (Å²) in [4.78, 5) is 0. The van der Waals surface area contributed by atoms with Gasteiger partial charge in [-0.25, -0.2) is 4.39 Å². The van der Waals surface area contributed by atoms with Crippen molar-refractivity contribution in [2.24, 2.45) is 5.73 Å². The van der Waals surface area contributed by atoms with Gasteiger partial charge in [0.25, 0.3) is 0 Å². The summed E-state index contributed by atoms with van der Waals surface area (Å²) in [5.41, 5.74) is 8.51. The van der Waals surface area contributed by atoms with Gasteiger partial charge >= 0.3 is 0 Å². The molecular formula is C10H11FN4. The third kappa shape index (κ3) is 1.73. The molecule has 1 heterocycles. The van der Waals surface area contributed by atoms with E-state index in [1.165, 1.54) is 12.1 Å². The van der Waals surface area contributed by atoms with Gasteiger partial charge in [-0.2, -0.15) is 15.4 Å². The Morgan fingerprint density at radius 2 is 2.20 bits per heavy atom. The number of hydrogen-bond acceptors (Lipinski definition) is 3. The Morgan fingerprint density at radius 3 is 2.80 bits per heavy atom. The molecule has 0 radical (unpaired) electrons. The van der Waals surface area contributed by atoms with Crippen LogP contribution in [0.4, 0.5) is 4.39 Å². The molecule has 0 aliphatic rings. The molecule has 0 amide bonds. The number of nitrogens with zero attached hydrogens (tertiary/aromatic N) is 2. The molecule has 1 aromatic heterocycles. The van der Waals surface area contributed by atoms with Crippen LogP contribution in [0.3, 0.4) is 0 Å². The highest BCUT2D eigenvalue weighted by Gasteiger charge is 2.11. The minimum atomic E-state index is -0.301. The Labute approximate surface area is 86.3 Å². The average Bonchev–Trinajstić information content (AvgIpc) is 2.64. The van der Waals surface area contributed by atoms with Gasteiger partial charge in [0.15, 0.2) is 0 Å². The highest BCUT2D eigenvalue weighted by Crippen LogP contribution is 2.24. The fourth-order valence-corrected chi connectivity index (χ4v) is 1.49. The van der Waals surface area contributed by atoms with E-state index in [1.54, 1.807) is 6.07 Å². The van der Waals surface area contributed by atoms with Gasteiger partial charge in [0, 0.05) is 12.1 Å². The molecule has 0 unspecified atom stereocenters. The fraction of sp³-hybridized carbons (Fsp3) is 0.200. The molecule has 0 saturated heterocycles. The van der Waals surface area contributed by atoms with Crippen LogP contribution in [0.25, 0.3) is 11.3 Å². The van der Waals surface area contributed by atoms with E-state index in [2.05, 4.69) is 15.4 Å². The van der Waals surface area contributed by atoms with E-state index in [-0.39, 0.29) is 5.82 Å². The van der Waals surface area contributed by atoms with Crippen LogP contribution in [0.2, 0.25) is 0 Å². The maximum Gasteiger partial charge on any atom is 0.123 e. The van der Waals surface area contributed by atoms with Crippen molar-refractivity contribution in [2.75, 3.05) is 0 Å². The second-order valence-electron chi connectivity index (χ2n) is 3.26. The molecule has 0 spiro atoms. The van der Waals surface area contributed by atoms with Crippen LogP contribution in [-0.4, -0.2) is 15.4 Å². The number of H-pyrrole nitrogens is 1. The number of aryl methyl sites for hydroxylation is 1. The van der Waals surface area contributed by atoms with Crippen molar-refractivity contribution in [3.63, 3.8) is 0 Å². The normalized spacial score (nSPS) is 10.6. The summed E-state index contributed by atoms with van der Waals surface area (Å²) >= 11 is 0.